The highest BCUT2D eigenvalue weighted by molar-refractivity contribution is 5.77. The zero-order valence-electron chi connectivity index (χ0n) is 39.7. The van der Waals surface area contributed by atoms with Gasteiger partial charge in [0, 0.05) is 6.42 Å². The van der Waals surface area contributed by atoms with Crippen LogP contribution in [-0.4, -0.2) is 46.9 Å². The number of unbranched alkanes of at least 4 members (excludes halogenated alkanes) is 31. The van der Waals surface area contributed by atoms with Gasteiger partial charge in [0.25, 0.3) is 0 Å². The molecule has 3 atom stereocenters. The Morgan fingerprint density at radius 3 is 1.32 bits per heavy atom. The molecule has 1 amide bonds. The van der Waals surface area contributed by atoms with Crippen molar-refractivity contribution < 1.29 is 24.5 Å². The van der Waals surface area contributed by atoms with Gasteiger partial charge in [-0.1, -0.05) is 231 Å². The van der Waals surface area contributed by atoms with E-state index in [2.05, 4.69) is 50.4 Å². The number of hydrogen-bond acceptors (Lipinski definition) is 5. The molecule has 6 nitrogen and oxygen atoms in total. The minimum absolute atomic E-state index is 0.0782. The summed E-state index contributed by atoms with van der Waals surface area (Å²) >= 11 is 0. The first-order valence-corrected chi connectivity index (χ1v) is 26.1. The van der Waals surface area contributed by atoms with Gasteiger partial charge in [0.05, 0.1) is 25.2 Å². The highest BCUT2D eigenvalue weighted by Crippen LogP contribution is 2.18. The lowest BCUT2D eigenvalue weighted by Crippen LogP contribution is -2.46. The Labute approximate surface area is 367 Å². The Hall–Kier alpha value is -1.66. The highest BCUT2D eigenvalue weighted by atomic mass is 16.5. The standard InChI is InChI=1S/C53H101NO5/c1-4-7-10-13-16-18-20-22-24-26-28-30-32-34-37-40-43-46-53(58)59-49(44-41-38-35-15-12-9-6-3)47-52(57)54-50(48-55)51(56)45-42-39-36-33-31-29-27-25-23-21-19-17-14-11-8-5-2/h16,18,22,24,49-51,55-56H,4-15,17,19-21,23,25-48H2,1-3H3,(H,54,57)/b18-16-,24-22-. The van der Waals surface area contributed by atoms with Crippen molar-refractivity contribution in [1.82, 2.24) is 5.32 Å². The fourth-order valence-electron chi connectivity index (χ4n) is 8.05. The van der Waals surface area contributed by atoms with Crippen LogP contribution in [0.15, 0.2) is 24.3 Å². The predicted molar refractivity (Wildman–Crippen MR) is 255 cm³/mol. The molecule has 0 aliphatic rings. The molecule has 0 rings (SSSR count). The number of ether oxygens (including phenoxy) is 1. The van der Waals surface area contributed by atoms with Gasteiger partial charge in [-0.3, -0.25) is 9.59 Å². The Bertz CT molecular complexity index is 935. The van der Waals surface area contributed by atoms with Gasteiger partial charge in [0.2, 0.25) is 5.91 Å². The van der Waals surface area contributed by atoms with Gasteiger partial charge in [0.15, 0.2) is 0 Å². The second-order valence-corrected chi connectivity index (χ2v) is 17.9. The third-order valence-electron chi connectivity index (χ3n) is 12.0. The Kier molecular flexibility index (Phi) is 46.1. The van der Waals surface area contributed by atoms with Crippen LogP contribution < -0.4 is 5.32 Å². The fraction of sp³-hybridized carbons (Fsp3) is 0.887. The van der Waals surface area contributed by atoms with E-state index in [0.29, 0.717) is 19.3 Å². The number of esters is 1. The van der Waals surface area contributed by atoms with E-state index in [9.17, 15) is 19.8 Å². The van der Waals surface area contributed by atoms with Crippen molar-refractivity contribution in [3.05, 3.63) is 24.3 Å². The second-order valence-electron chi connectivity index (χ2n) is 17.9. The van der Waals surface area contributed by atoms with Gasteiger partial charge in [-0.2, -0.15) is 0 Å². The molecule has 59 heavy (non-hydrogen) atoms. The maximum atomic E-state index is 13.1. The SMILES string of the molecule is CCCCC/C=C\C/C=C\CCCCCCCCCC(=O)OC(CCCCCCCCC)CC(=O)NC(CO)C(O)CCCCCCCCCCCCCCCCCC. The fourth-order valence-corrected chi connectivity index (χ4v) is 8.05. The third kappa shape index (κ3) is 42.8. The van der Waals surface area contributed by atoms with Gasteiger partial charge >= 0.3 is 5.97 Å². The van der Waals surface area contributed by atoms with Crippen LogP contribution in [0.1, 0.15) is 278 Å². The average molecular weight is 832 g/mol. The van der Waals surface area contributed by atoms with Crippen molar-refractivity contribution in [1.29, 1.82) is 0 Å². The molecule has 0 aliphatic carbocycles. The van der Waals surface area contributed by atoms with Crippen LogP contribution in [0.3, 0.4) is 0 Å². The molecule has 0 aromatic heterocycles. The molecule has 0 aliphatic heterocycles. The first kappa shape index (κ1) is 57.3. The van der Waals surface area contributed by atoms with Crippen molar-refractivity contribution in [2.75, 3.05) is 6.61 Å². The smallest absolute Gasteiger partial charge is 0.306 e. The minimum atomic E-state index is -0.783. The number of aliphatic hydroxyl groups excluding tert-OH is 2. The molecule has 0 radical (unpaired) electrons. The summed E-state index contributed by atoms with van der Waals surface area (Å²) in [6, 6.07) is -0.697. The van der Waals surface area contributed by atoms with Crippen LogP contribution >= 0.6 is 0 Å². The number of allylic oxidation sites excluding steroid dienone is 4. The summed E-state index contributed by atoms with van der Waals surface area (Å²) in [6.07, 6.45) is 53.9. The summed E-state index contributed by atoms with van der Waals surface area (Å²) in [7, 11) is 0. The summed E-state index contributed by atoms with van der Waals surface area (Å²) in [5.74, 6) is -0.475. The highest BCUT2D eigenvalue weighted by Gasteiger charge is 2.24. The van der Waals surface area contributed by atoms with Crippen LogP contribution in [-0.2, 0) is 14.3 Å². The molecule has 0 saturated carbocycles. The molecule has 6 heteroatoms. The molecular weight excluding hydrogens is 731 g/mol. The molecule has 0 aromatic rings. The molecule has 348 valence electrons. The Morgan fingerprint density at radius 1 is 0.492 bits per heavy atom. The summed E-state index contributed by atoms with van der Waals surface area (Å²) < 4.78 is 5.90. The van der Waals surface area contributed by atoms with E-state index in [1.807, 2.05) is 0 Å². The number of hydrogen-bond donors (Lipinski definition) is 3. The van der Waals surface area contributed by atoms with Gasteiger partial charge in [0.1, 0.15) is 6.10 Å². The van der Waals surface area contributed by atoms with Crippen molar-refractivity contribution in [2.24, 2.45) is 0 Å². The van der Waals surface area contributed by atoms with Crippen molar-refractivity contribution in [2.45, 2.75) is 296 Å². The van der Waals surface area contributed by atoms with Gasteiger partial charge < -0.3 is 20.3 Å². The lowest BCUT2D eigenvalue weighted by molar-refractivity contribution is -0.151. The summed E-state index contributed by atoms with van der Waals surface area (Å²) in [5.41, 5.74) is 0. The minimum Gasteiger partial charge on any atom is -0.462 e. The van der Waals surface area contributed by atoms with Gasteiger partial charge in [-0.25, -0.2) is 0 Å². The second kappa shape index (κ2) is 47.4. The number of aliphatic hydroxyl groups is 2. The molecule has 0 heterocycles. The van der Waals surface area contributed by atoms with Gasteiger partial charge in [-0.15, -0.1) is 0 Å². The summed E-state index contributed by atoms with van der Waals surface area (Å²) in [4.78, 5) is 26.0. The topological polar surface area (TPSA) is 95.9 Å². The van der Waals surface area contributed by atoms with Crippen molar-refractivity contribution >= 4 is 11.9 Å². The number of carbonyl (C=O) groups is 2. The van der Waals surface area contributed by atoms with E-state index in [4.69, 9.17) is 4.74 Å². The largest absolute Gasteiger partial charge is 0.462 e. The molecule has 0 saturated heterocycles. The molecule has 0 aromatic carbocycles. The summed E-state index contributed by atoms with van der Waals surface area (Å²) in [5, 5.41) is 23.7. The maximum Gasteiger partial charge on any atom is 0.306 e. The molecular formula is C53H101NO5. The maximum absolute atomic E-state index is 13.1. The van der Waals surface area contributed by atoms with Crippen LogP contribution in [0.25, 0.3) is 0 Å². The molecule has 0 spiro atoms. The lowest BCUT2D eigenvalue weighted by Gasteiger charge is -2.24. The average Bonchev–Trinajstić information content (AvgIpc) is 3.23. The van der Waals surface area contributed by atoms with E-state index in [1.165, 1.54) is 173 Å². The normalized spacial score (nSPS) is 13.4. The van der Waals surface area contributed by atoms with Crippen molar-refractivity contribution in [3.63, 3.8) is 0 Å². The first-order valence-electron chi connectivity index (χ1n) is 26.1. The van der Waals surface area contributed by atoms with Crippen LogP contribution in [0.5, 0.6) is 0 Å². The van der Waals surface area contributed by atoms with Crippen LogP contribution in [0, 0.1) is 0 Å². The zero-order valence-corrected chi connectivity index (χ0v) is 39.7. The van der Waals surface area contributed by atoms with E-state index in [-0.39, 0.29) is 24.9 Å². The third-order valence-corrected chi connectivity index (χ3v) is 12.0. The Morgan fingerprint density at radius 2 is 0.864 bits per heavy atom. The van der Waals surface area contributed by atoms with Crippen LogP contribution in [0.2, 0.25) is 0 Å². The molecule has 0 fully saturated rings. The summed E-state index contributed by atoms with van der Waals surface area (Å²) in [6.45, 7) is 6.45. The number of nitrogens with one attached hydrogen (secondary N) is 1. The zero-order chi connectivity index (χ0) is 43.1. The number of rotatable bonds is 47. The number of carbonyl (C=O) groups excluding carboxylic acids is 2. The lowest BCUT2D eigenvalue weighted by atomic mass is 10.0. The molecule has 3 N–H and O–H groups in total. The predicted octanol–water partition coefficient (Wildman–Crippen LogP) is 15.5. The Balaban J connectivity index is 4.33. The van der Waals surface area contributed by atoms with E-state index in [0.717, 1.165) is 57.8 Å². The van der Waals surface area contributed by atoms with E-state index < -0.39 is 18.2 Å². The van der Waals surface area contributed by atoms with E-state index in [1.54, 1.807) is 0 Å². The van der Waals surface area contributed by atoms with Crippen LogP contribution in [0.4, 0.5) is 0 Å². The van der Waals surface area contributed by atoms with Crippen molar-refractivity contribution in [3.8, 4) is 0 Å². The quantitative estimate of drug-likeness (QED) is 0.0322. The van der Waals surface area contributed by atoms with E-state index >= 15 is 0 Å². The molecule has 3 unspecified atom stereocenters. The number of amides is 1. The molecule has 0 bridgehead atoms. The monoisotopic (exact) mass is 832 g/mol. The van der Waals surface area contributed by atoms with Gasteiger partial charge in [-0.05, 0) is 57.8 Å². The first-order chi connectivity index (χ1) is 29.0.